The lowest BCUT2D eigenvalue weighted by Gasteiger charge is -2.18. The van der Waals surface area contributed by atoms with Gasteiger partial charge >= 0.3 is 17.9 Å². The van der Waals surface area contributed by atoms with Crippen LogP contribution in [0.3, 0.4) is 0 Å². The van der Waals surface area contributed by atoms with Crippen molar-refractivity contribution in [2.45, 2.75) is 367 Å². The van der Waals surface area contributed by atoms with Crippen LogP contribution in [0.1, 0.15) is 361 Å². The van der Waals surface area contributed by atoms with E-state index in [-0.39, 0.29) is 31.1 Å². The molecule has 0 fully saturated rings. The first-order valence-corrected chi connectivity index (χ1v) is 34.9. The number of carbonyl (C=O) groups is 3. The molecule has 80 heavy (non-hydrogen) atoms. The molecule has 1 unspecified atom stereocenters. The van der Waals surface area contributed by atoms with Gasteiger partial charge in [0.05, 0.1) is 0 Å². The topological polar surface area (TPSA) is 78.9 Å². The summed E-state index contributed by atoms with van der Waals surface area (Å²) in [4.78, 5) is 38.3. The average molecular weight is 1120 g/mol. The lowest BCUT2D eigenvalue weighted by atomic mass is 10.0. The zero-order valence-electron chi connectivity index (χ0n) is 53.3. The number of esters is 3. The van der Waals surface area contributed by atoms with Crippen LogP contribution in [0.4, 0.5) is 0 Å². The minimum atomic E-state index is -0.779. The highest BCUT2D eigenvalue weighted by Crippen LogP contribution is 2.18. The number of unbranched alkanes of at least 4 members (excludes halogenated alkanes) is 41. The number of rotatable bonds is 64. The SMILES string of the molecule is CC/C=C\C/C=C\C/C=C\C/C=C\CCCCCCCCCCCCCCCCCCCCCCC(=O)OCC(COC(=O)CCCCCCCCCCCCCCC)OC(=O)CCCCCCC/C=C\C/C=C\CCCCCC. The molecule has 0 aromatic carbocycles. The molecule has 0 rings (SSSR count). The maximum atomic E-state index is 12.9. The summed E-state index contributed by atoms with van der Waals surface area (Å²) in [5, 5.41) is 0. The van der Waals surface area contributed by atoms with E-state index in [9.17, 15) is 14.4 Å². The Balaban J connectivity index is 4.13. The minimum absolute atomic E-state index is 0.0750. The second-order valence-electron chi connectivity index (χ2n) is 23.4. The second-order valence-corrected chi connectivity index (χ2v) is 23.4. The number of allylic oxidation sites excluding steroid dienone is 12. The first kappa shape index (κ1) is 76.9. The summed E-state index contributed by atoms with van der Waals surface area (Å²) in [7, 11) is 0. The molecule has 0 aliphatic carbocycles. The molecule has 6 heteroatoms. The summed E-state index contributed by atoms with van der Waals surface area (Å²) in [6.45, 7) is 6.55. The van der Waals surface area contributed by atoms with E-state index in [1.165, 1.54) is 212 Å². The maximum absolute atomic E-state index is 12.9. The average Bonchev–Trinajstić information content (AvgIpc) is 3.46. The van der Waals surface area contributed by atoms with Crippen molar-refractivity contribution in [3.63, 3.8) is 0 Å². The van der Waals surface area contributed by atoms with Gasteiger partial charge in [-0.1, -0.05) is 325 Å². The van der Waals surface area contributed by atoms with Gasteiger partial charge < -0.3 is 14.2 Å². The van der Waals surface area contributed by atoms with Crippen LogP contribution in [0, 0.1) is 0 Å². The fourth-order valence-corrected chi connectivity index (χ4v) is 10.2. The maximum Gasteiger partial charge on any atom is 0.306 e. The van der Waals surface area contributed by atoms with Gasteiger partial charge in [0.1, 0.15) is 13.2 Å². The molecule has 0 aromatic rings. The molecular formula is C74H132O6. The predicted molar refractivity (Wildman–Crippen MR) is 348 cm³/mol. The predicted octanol–water partition coefficient (Wildman–Crippen LogP) is 24.1. The van der Waals surface area contributed by atoms with E-state index < -0.39 is 6.10 Å². The van der Waals surface area contributed by atoms with Gasteiger partial charge in [0.2, 0.25) is 0 Å². The Kier molecular flexibility index (Phi) is 65.7. The van der Waals surface area contributed by atoms with Crippen LogP contribution in [0.2, 0.25) is 0 Å². The Hall–Kier alpha value is -3.15. The fraction of sp³-hybridized carbons (Fsp3) is 0.797. The van der Waals surface area contributed by atoms with Crippen molar-refractivity contribution in [2.75, 3.05) is 13.2 Å². The molecule has 0 aromatic heterocycles. The van der Waals surface area contributed by atoms with Crippen LogP contribution in [0.25, 0.3) is 0 Å². The van der Waals surface area contributed by atoms with Crippen LogP contribution < -0.4 is 0 Å². The fourth-order valence-electron chi connectivity index (χ4n) is 10.2. The van der Waals surface area contributed by atoms with Crippen LogP contribution in [-0.2, 0) is 28.6 Å². The van der Waals surface area contributed by atoms with Gasteiger partial charge in [-0.3, -0.25) is 14.4 Å². The third-order valence-electron chi connectivity index (χ3n) is 15.4. The zero-order chi connectivity index (χ0) is 57.8. The van der Waals surface area contributed by atoms with Crippen LogP contribution in [-0.4, -0.2) is 37.2 Å². The monoisotopic (exact) mass is 1120 g/mol. The molecule has 0 aliphatic heterocycles. The van der Waals surface area contributed by atoms with Crippen molar-refractivity contribution in [3.05, 3.63) is 72.9 Å². The summed E-state index contributed by atoms with van der Waals surface area (Å²) in [6.07, 6.45) is 89.4. The summed E-state index contributed by atoms with van der Waals surface area (Å²) in [5.74, 6) is -0.867. The molecule has 0 saturated heterocycles. The first-order valence-electron chi connectivity index (χ1n) is 34.9. The van der Waals surface area contributed by atoms with Gasteiger partial charge in [0.25, 0.3) is 0 Å². The number of ether oxygens (including phenoxy) is 3. The minimum Gasteiger partial charge on any atom is -0.462 e. The molecule has 464 valence electrons. The van der Waals surface area contributed by atoms with E-state index in [1.807, 2.05) is 0 Å². The van der Waals surface area contributed by atoms with Gasteiger partial charge in [-0.2, -0.15) is 0 Å². The third kappa shape index (κ3) is 65.7. The lowest BCUT2D eigenvalue weighted by Crippen LogP contribution is -2.30. The normalized spacial score (nSPS) is 12.5. The zero-order valence-corrected chi connectivity index (χ0v) is 53.3. The highest BCUT2D eigenvalue weighted by molar-refractivity contribution is 5.71. The van der Waals surface area contributed by atoms with Crippen LogP contribution in [0.5, 0.6) is 0 Å². The Labute approximate surface area is 497 Å². The molecule has 0 spiro atoms. The second kappa shape index (κ2) is 68.3. The van der Waals surface area contributed by atoms with E-state index in [0.717, 1.165) is 109 Å². The molecule has 0 aliphatic rings. The number of carbonyl (C=O) groups excluding carboxylic acids is 3. The largest absolute Gasteiger partial charge is 0.462 e. The van der Waals surface area contributed by atoms with Crippen molar-refractivity contribution >= 4 is 17.9 Å². The van der Waals surface area contributed by atoms with E-state index in [4.69, 9.17) is 14.2 Å². The highest BCUT2D eigenvalue weighted by Gasteiger charge is 2.19. The third-order valence-corrected chi connectivity index (χ3v) is 15.4. The molecule has 0 saturated carbocycles. The highest BCUT2D eigenvalue weighted by atomic mass is 16.6. The summed E-state index contributed by atoms with van der Waals surface area (Å²) >= 11 is 0. The number of hydrogen-bond donors (Lipinski definition) is 0. The quantitative estimate of drug-likeness (QED) is 0.0261. The number of hydrogen-bond acceptors (Lipinski definition) is 6. The summed E-state index contributed by atoms with van der Waals surface area (Å²) < 4.78 is 16.9. The van der Waals surface area contributed by atoms with E-state index in [1.54, 1.807) is 0 Å². The molecular weight excluding hydrogens is 985 g/mol. The Morgan fingerprint density at radius 1 is 0.263 bits per heavy atom. The Bertz CT molecular complexity index is 1470. The molecule has 6 nitrogen and oxygen atoms in total. The van der Waals surface area contributed by atoms with E-state index in [0.29, 0.717) is 19.3 Å². The van der Waals surface area contributed by atoms with Gasteiger partial charge in [0, 0.05) is 19.3 Å². The van der Waals surface area contributed by atoms with Crippen molar-refractivity contribution < 1.29 is 28.6 Å². The lowest BCUT2D eigenvalue weighted by molar-refractivity contribution is -0.167. The molecule has 0 bridgehead atoms. The van der Waals surface area contributed by atoms with Crippen molar-refractivity contribution in [3.8, 4) is 0 Å². The van der Waals surface area contributed by atoms with Gasteiger partial charge in [-0.05, 0) is 89.9 Å². The molecule has 0 amide bonds. The summed E-state index contributed by atoms with van der Waals surface area (Å²) in [5.41, 5.74) is 0. The van der Waals surface area contributed by atoms with E-state index in [2.05, 4.69) is 93.7 Å². The first-order chi connectivity index (χ1) is 39.5. The van der Waals surface area contributed by atoms with Gasteiger partial charge in [0.15, 0.2) is 6.10 Å². The van der Waals surface area contributed by atoms with Gasteiger partial charge in [-0.15, -0.1) is 0 Å². The van der Waals surface area contributed by atoms with E-state index >= 15 is 0 Å². The Morgan fingerprint density at radius 3 is 0.775 bits per heavy atom. The summed E-state index contributed by atoms with van der Waals surface area (Å²) in [6, 6.07) is 0. The molecule has 0 radical (unpaired) electrons. The smallest absolute Gasteiger partial charge is 0.306 e. The van der Waals surface area contributed by atoms with Crippen molar-refractivity contribution in [2.24, 2.45) is 0 Å². The van der Waals surface area contributed by atoms with Crippen LogP contribution in [0.15, 0.2) is 72.9 Å². The van der Waals surface area contributed by atoms with Crippen LogP contribution >= 0.6 is 0 Å². The van der Waals surface area contributed by atoms with Crippen molar-refractivity contribution in [1.82, 2.24) is 0 Å². The molecule has 0 N–H and O–H groups in total. The Morgan fingerprint density at radius 2 is 0.487 bits per heavy atom. The van der Waals surface area contributed by atoms with Gasteiger partial charge in [-0.25, -0.2) is 0 Å². The molecule has 0 heterocycles. The van der Waals surface area contributed by atoms with Crippen molar-refractivity contribution in [1.29, 1.82) is 0 Å². The standard InChI is InChI=1S/C74H132O6/c1-4-7-10-13-16-19-22-25-27-29-30-31-32-33-34-35-36-37-38-39-40-41-42-43-44-45-47-49-52-55-58-61-64-67-73(76)79-70-71(69-78-72(75)66-63-60-57-54-51-48-24-21-18-15-12-9-6-3)80-74(77)68-65-62-59-56-53-50-46-28-26-23-20-17-14-11-8-5-2/h7,10,16,19-20,23,25,27-28,30-31,46,71H,4-6,8-9,11-15,17-18,21-22,24,26,29,32-45,47-70H2,1-3H3/b10-7-,19-16-,23-20-,27-25-,31-30-,46-28-. The molecule has 1 atom stereocenters.